The van der Waals surface area contributed by atoms with Crippen molar-refractivity contribution in [1.82, 2.24) is 19.9 Å². The van der Waals surface area contributed by atoms with Crippen molar-refractivity contribution in [3.63, 3.8) is 0 Å². The Kier molecular flexibility index (Phi) is 6.47. The van der Waals surface area contributed by atoms with Crippen LogP contribution in [0.3, 0.4) is 0 Å². The average Bonchev–Trinajstić information content (AvgIpc) is 3.06. The Morgan fingerprint density at radius 2 is 1.79 bits per heavy atom. The summed E-state index contributed by atoms with van der Waals surface area (Å²) in [5.41, 5.74) is 0.704. The lowest BCUT2D eigenvalue weighted by atomic mass is 10.1. The number of aromatic hydroxyl groups is 1. The summed E-state index contributed by atoms with van der Waals surface area (Å²) in [6.45, 7) is -0.620. The molecule has 8 nitrogen and oxygen atoms in total. The molecule has 0 unspecified atom stereocenters. The van der Waals surface area contributed by atoms with Crippen molar-refractivity contribution in [2.75, 3.05) is 6.54 Å². The molecule has 3 N–H and O–H groups in total. The number of carbonyl (C=O) groups is 2. The summed E-state index contributed by atoms with van der Waals surface area (Å²) in [4.78, 5) is 26.7. The van der Waals surface area contributed by atoms with E-state index in [0.717, 1.165) is 6.07 Å². The van der Waals surface area contributed by atoms with Crippen LogP contribution in [0.25, 0.3) is 5.65 Å². The summed E-state index contributed by atoms with van der Waals surface area (Å²) < 4.78 is 27.9. The Labute approximate surface area is 163 Å². The minimum Gasteiger partial charge on any atom is -0.507 e. The number of hydrogen-bond donors (Lipinski definition) is 3. The molecular formula is C17H15ClF2N4O4. The largest absolute Gasteiger partial charge is 0.507 e. The molecule has 0 aliphatic carbocycles. The number of carboxylic acids is 1. The fourth-order valence-corrected chi connectivity index (χ4v) is 2.70. The van der Waals surface area contributed by atoms with E-state index in [2.05, 4.69) is 15.4 Å². The van der Waals surface area contributed by atoms with Gasteiger partial charge in [0.15, 0.2) is 5.65 Å². The number of hydrogen-bond acceptors (Lipinski definition) is 5. The molecule has 0 fully saturated rings. The maximum atomic E-state index is 13.3. The van der Waals surface area contributed by atoms with Crippen LogP contribution in [0.15, 0.2) is 30.6 Å². The van der Waals surface area contributed by atoms with Crippen LogP contribution >= 0.6 is 12.4 Å². The number of halogens is 3. The molecule has 0 saturated carbocycles. The number of pyridine rings is 1. The number of nitrogens with one attached hydrogen (secondary N) is 1. The van der Waals surface area contributed by atoms with Crippen LogP contribution in [0, 0.1) is 11.6 Å². The molecule has 3 aromatic rings. The topological polar surface area (TPSA) is 117 Å². The first-order valence-corrected chi connectivity index (χ1v) is 7.84. The third-order valence-corrected chi connectivity index (χ3v) is 3.82. The first-order valence-electron chi connectivity index (χ1n) is 7.84. The van der Waals surface area contributed by atoms with Crippen molar-refractivity contribution in [2.24, 2.45) is 0 Å². The molecule has 0 spiro atoms. The van der Waals surface area contributed by atoms with E-state index in [1.54, 1.807) is 0 Å². The Morgan fingerprint density at radius 3 is 2.43 bits per heavy atom. The van der Waals surface area contributed by atoms with Crippen LogP contribution in [0.5, 0.6) is 5.75 Å². The summed E-state index contributed by atoms with van der Waals surface area (Å²) in [5, 5.41) is 25.0. The molecule has 3 rings (SSSR count). The number of nitrogens with zero attached hydrogens (tertiary/aromatic N) is 3. The van der Waals surface area contributed by atoms with Gasteiger partial charge in [0.2, 0.25) is 0 Å². The predicted molar refractivity (Wildman–Crippen MR) is 95.6 cm³/mol. The third-order valence-electron chi connectivity index (χ3n) is 3.82. The number of aromatic nitrogens is 3. The van der Waals surface area contributed by atoms with Gasteiger partial charge in [-0.2, -0.15) is 5.10 Å². The van der Waals surface area contributed by atoms with Gasteiger partial charge in [0, 0.05) is 17.8 Å². The van der Waals surface area contributed by atoms with E-state index in [0.29, 0.717) is 11.3 Å². The monoisotopic (exact) mass is 412 g/mol. The van der Waals surface area contributed by atoms with E-state index >= 15 is 0 Å². The van der Waals surface area contributed by atoms with E-state index < -0.39 is 35.8 Å². The lowest BCUT2D eigenvalue weighted by Gasteiger charge is -2.10. The SMILES string of the molecule is Cl.O=C(O)CNC(=O)c1c(O)cc(CCc2cc(F)cc(F)c2)n2ncnc12. The summed E-state index contributed by atoms with van der Waals surface area (Å²) in [6, 6.07) is 4.47. The zero-order chi connectivity index (χ0) is 19.6. The highest BCUT2D eigenvalue weighted by atomic mass is 35.5. The van der Waals surface area contributed by atoms with Crippen LogP contribution in [0.2, 0.25) is 0 Å². The Bertz CT molecular complexity index is 1020. The second-order valence-electron chi connectivity index (χ2n) is 5.75. The Hall–Kier alpha value is -3.27. The number of carboxylic acid groups (broad SMARTS) is 1. The van der Waals surface area contributed by atoms with Crippen LogP contribution in [-0.2, 0) is 17.6 Å². The zero-order valence-corrected chi connectivity index (χ0v) is 15.0. The van der Waals surface area contributed by atoms with Gasteiger partial charge in [-0.1, -0.05) is 0 Å². The number of benzene rings is 1. The number of fused-ring (bicyclic) bond motifs is 1. The average molecular weight is 413 g/mol. The first-order chi connectivity index (χ1) is 12.8. The minimum absolute atomic E-state index is 0. The number of aryl methyl sites for hydroxylation is 2. The fourth-order valence-electron chi connectivity index (χ4n) is 2.70. The quantitative estimate of drug-likeness (QED) is 0.567. The fraction of sp³-hybridized carbons (Fsp3) is 0.176. The van der Waals surface area contributed by atoms with Gasteiger partial charge >= 0.3 is 5.97 Å². The lowest BCUT2D eigenvalue weighted by molar-refractivity contribution is -0.135. The highest BCUT2D eigenvalue weighted by molar-refractivity contribution is 6.03. The number of amides is 1. The number of aliphatic carboxylic acids is 1. The van der Waals surface area contributed by atoms with E-state index in [9.17, 15) is 23.5 Å². The molecule has 0 bridgehead atoms. The van der Waals surface area contributed by atoms with Gasteiger partial charge in [-0.15, -0.1) is 12.4 Å². The molecule has 28 heavy (non-hydrogen) atoms. The summed E-state index contributed by atoms with van der Waals surface area (Å²) in [6.07, 6.45) is 1.69. The summed E-state index contributed by atoms with van der Waals surface area (Å²) in [7, 11) is 0. The van der Waals surface area contributed by atoms with Crippen molar-refractivity contribution < 1.29 is 28.6 Å². The van der Waals surface area contributed by atoms with Gasteiger partial charge in [0.25, 0.3) is 5.91 Å². The van der Waals surface area contributed by atoms with E-state index in [1.165, 1.54) is 29.0 Å². The van der Waals surface area contributed by atoms with Crippen molar-refractivity contribution in [1.29, 1.82) is 0 Å². The molecule has 1 aromatic carbocycles. The smallest absolute Gasteiger partial charge is 0.322 e. The normalized spacial score (nSPS) is 10.5. The van der Waals surface area contributed by atoms with Gasteiger partial charge in [0.05, 0.1) is 0 Å². The van der Waals surface area contributed by atoms with Crippen molar-refractivity contribution in [2.45, 2.75) is 12.8 Å². The molecular weight excluding hydrogens is 398 g/mol. The summed E-state index contributed by atoms with van der Waals surface area (Å²) >= 11 is 0. The maximum Gasteiger partial charge on any atom is 0.322 e. The van der Waals surface area contributed by atoms with Crippen LogP contribution in [-0.4, -0.2) is 43.2 Å². The highest BCUT2D eigenvalue weighted by Gasteiger charge is 2.20. The van der Waals surface area contributed by atoms with Gasteiger partial charge in [-0.3, -0.25) is 9.59 Å². The first kappa shape index (κ1) is 21.0. The van der Waals surface area contributed by atoms with Crippen LogP contribution in [0.4, 0.5) is 8.78 Å². The lowest BCUT2D eigenvalue weighted by Crippen LogP contribution is -2.30. The van der Waals surface area contributed by atoms with E-state index in [4.69, 9.17) is 5.11 Å². The van der Waals surface area contributed by atoms with Gasteiger partial charge in [-0.25, -0.2) is 18.3 Å². The number of carbonyl (C=O) groups excluding carboxylic acids is 1. The van der Waals surface area contributed by atoms with Gasteiger partial charge < -0.3 is 15.5 Å². The molecule has 0 radical (unpaired) electrons. The van der Waals surface area contributed by atoms with Crippen LogP contribution < -0.4 is 5.32 Å². The molecule has 0 aliphatic rings. The zero-order valence-electron chi connectivity index (χ0n) is 14.2. The maximum absolute atomic E-state index is 13.3. The van der Waals surface area contributed by atoms with Crippen molar-refractivity contribution in [3.8, 4) is 5.75 Å². The van der Waals surface area contributed by atoms with Gasteiger partial charge in [0.1, 0.15) is 35.8 Å². The molecule has 0 saturated heterocycles. The van der Waals surface area contributed by atoms with Crippen molar-refractivity contribution in [3.05, 3.63) is 59.0 Å². The van der Waals surface area contributed by atoms with E-state index in [-0.39, 0.29) is 36.5 Å². The van der Waals surface area contributed by atoms with E-state index in [1.807, 2.05) is 0 Å². The third kappa shape index (κ3) is 4.52. The minimum atomic E-state index is -1.24. The van der Waals surface area contributed by atoms with Gasteiger partial charge in [-0.05, 0) is 30.5 Å². The molecule has 11 heteroatoms. The molecule has 0 aliphatic heterocycles. The predicted octanol–water partition coefficient (Wildman–Crippen LogP) is 1.73. The molecule has 2 aromatic heterocycles. The molecule has 0 atom stereocenters. The second kappa shape index (κ2) is 8.61. The molecule has 1 amide bonds. The second-order valence-corrected chi connectivity index (χ2v) is 5.75. The molecule has 2 heterocycles. The standard InChI is InChI=1S/C17H14F2N4O4.ClH/c18-10-3-9(4-11(19)5-10)1-2-12-6-13(24)15(16-21-8-22-23(12)16)17(27)20-7-14(25)26;/h3-6,8,24H,1-2,7H2,(H,20,27)(H,25,26);1H. The summed E-state index contributed by atoms with van der Waals surface area (Å²) in [5.74, 6) is -3.84. The van der Waals surface area contributed by atoms with Crippen LogP contribution in [0.1, 0.15) is 21.6 Å². The Balaban J connectivity index is 0.00000280. The highest BCUT2D eigenvalue weighted by Crippen LogP contribution is 2.24. The number of rotatable bonds is 6. The molecule has 148 valence electrons. The van der Waals surface area contributed by atoms with Crippen molar-refractivity contribution >= 4 is 29.9 Å². The Morgan fingerprint density at radius 1 is 1.11 bits per heavy atom.